The van der Waals surface area contributed by atoms with Crippen molar-refractivity contribution < 1.29 is 13.9 Å². The predicted molar refractivity (Wildman–Crippen MR) is 148 cm³/mol. The van der Waals surface area contributed by atoms with Gasteiger partial charge < -0.3 is 19.0 Å². The Kier molecular flexibility index (Phi) is 7.30. The second-order valence-corrected chi connectivity index (χ2v) is 11.3. The molecule has 1 fully saturated rings. The highest BCUT2D eigenvalue weighted by Gasteiger charge is 2.30. The van der Waals surface area contributed by atoms with Crippen LogP contribution in [0.5, 0.6) is 0 Å². The Bertz CT molecular complexity index is 1570. The van der Waals surface area contributed by atoms with E-state index >= 15 is 0 Å². The molecule has 4 aromatic rings. The second-order valence-electron chi connectivity index (χ2n) is 10.5. The molecule has 13 heteroatoms. The van der Waals surface area contributed by atoms with Crippen LogP contribution in [-0.2, 0) is 11.3 Å². The molecule has 0 bridgehead atoms. The maximum Gasteiger partial charge on any atom is 0.410 e. The van der Waals surface area contributed by atoms with Crippen molar-refractivity contribution in [1.82, 2.24) is 29.6 Å². The third kappa shape index (κ3) is 5.89. The summed E-state index contributed by atoms with van der Waals surface area (Å²) >= 11 is 12.2. The number of piperidine rings is 1. The lowest BCUT2D eigenvalue weighted by Gasteiger charge is -2.32. The van der Waals surface area contributed by atoms with Gasteiger partial charge in [-0.2, -0.15) is 5.10 Å². The molecule has 0 saturated carbocycles. The molecule has 39 heavy (non-hydrogen) atoms. The number of oxazole rings is 1. The molecular formula is C26H29Cl2N7O4. The number of hydrogen-bond donors (Lipinski definition) is 1. The smallest absolute Gasteiger partial charge is 0.410 e. The monoisotopic (exact) mass is 573 g/mol. The summed E-state index contributed by atoms with van der Waals surface area (Å²) < 4.78 is 12.8. The molecule has 206 valence electrons. The topological polar surface area (TPSA) is 122 Å². The zero-order valence-corrected chi connectivity index (χ0v) is 23.6. The van der Waals surface area contributed by atoms with E-state index in [4.69, 9.17) is 32.4 Å². The van der Waals surface area contributed by atoms with Gasteiger partial charge in [0.05, 0.1) is 28.7 Å². The average Bonchev–Trinajstić information content (AvgIpc) is 3.52. The molecule has 1 aliphatic rings. The Morgan fingerprint density at radius 1 is 1.26 bits per heavy atom. The third-order valence-electron chi connectivity index (χ3n) is 6.40. The fourth-order valence-corrected chi connectivity index (χ4v) is 4.79. The summed E-state index contributed by atoms with van der Waals surface area (Å²) in [6.07, 6.45) is 4.44. The Hall–Kier alpha value is -3.57. The molecule has 1 saturated heterocycles. The molecule has 3 aromatic heterocycles. The van der Waals surface area contributed by atoms with Gasteiger partial charge in [-0.1, -0.05) is 23.2 Å². The lowest BCUT2D eigenvalue weighted by Crippen LogP contribution is -2.42. The van der Waals surface area contributed by atoms with E-state index in [0.29, 0.717) is 57.4 Å². The lowest BCUT2D eigenvalue weighted by molar-refractivity contribution is 0.0190. The second kappa shape index (κ2) is 10.5. The van der Waals surface area contributed by atoms with Crippen LogP contribution in [0.1, 0.15) is 51.1 Å². The first-order chi connectivity index (χ1) is 18.5. The first-order valence-electron chi connectivity index (χ1n) is 12.6. The van der Waals surface area contributed by atoms with Crippen molar-refractivity contribution in [2.45, 2.75) is 51.7 Å². The normalized spacial score (nSPS) is 16.1. The Balaban J connectivity index is 1.32. The van der Waals surface area contributed by atoms with Crippen LogP contribution in [0.4, 0.5) is 16.4 Å². The van der Waals surface area contributed by atoms with Crippen molar-refractivity contribution in [3.8, 4) is 0 Å². The molecule has 1 atom stereocenters. The number of aromatic nitrogens is 5. The zero-order chi connectivity index (χ0) is 27.9. The van der Waals surface area contributed by atoms with Crippen molar-refractivity contribution in [2.24, 2.45) is 0 Å². The van der Waals surface area contributed by atoms with Gasteiger partial charge >= 0.3 is 6.09 Å². The molecule has 1 aliphatic heterocycles. The molecule has 5 rings (SSSR count). The van der Waals surface area contributed by atoms with Gasteiger partial charge in [-0.3, -0.25) is 14.5 Å². The summed E-state index contributed by atoms with van der Waals surface area (Å²) in [5, 5.41) is 5.20. The first-order valence-corrected chi connectivity index (χ1v) is 13.3. The molecule has 11 nitrogen and oxygen atoms in total. The standard InChI is InChI=1S/C26H29Cl2N7O4/c1-26(2,3)39-25(37)34-9-5-6-15(12-34)23-30-16(14-38-23)13-35-21-20(11-29-35)31-24(32-22(21)36)33(4)17-7-8-18(27)19(28)10-17/h7-8,10-11,14-15H,5-6,9,12-13H2,1-4H3,(H,31,32,36). The summed E-state index contributed by atoms with van der Waals surface area (Å²) in [4.78, 5) is 41.0. The number of amides is 1. The van der Waals surface area contributed by atoms with Crippen molar-refractivity contribution in [2.75, 3.05) is 25.0 Å². The number of anilines is 2. The fraction of sp³-hybridized carbons (Fsp3) is 0.423. The van der Waals surface area contributed by atoms with E-state index < -0.39 is 5.60 Å². The number of carbonyl (C=O) groups excluding carboxylic acids is 1. The van der Waals surface area contributed by atoms with E-state index in [1.807, 2.05) is 20.8 Å². The van der Waals surface area contributed by atoms with Gasteiger partial charge in [0.1, 0.15) is 23.1 Å². The number of nitrogens with one attached hydrogen (secondary N) is 1. The summed E-state index contributed by atoms with van der Waals surface area (Å²) in [5.74, 6) is 0.840. The third-order valence-corrected chi connectivity index (χ3v) is 7.14. The molecule has 0 spiro atoms. The van der Waals surface area contributed by atoms with Crippen LogP contribution in [0.3, 0.4) is 0 Å². The number of fused-ring (bicyclic) bond motifs is 1. The highest BCUT2D eigenvalue weighted by molar-refractivity contribution is 6.42. The van der Waals surface area contributed by atoms with Crippen molar-refractivity contribution in [1.29, 1.82) is 0 Å². The molecule has 1 amide bonds. The van der Waals surface area contributed by atoms with E-state index in [-0.39, 0.29) is 24.1 Å². The van der Waals surface area contributed by atoms with Crippen LogP contribution in [0.15, 0.2) is 39.9 Å². The van der Waals surface area contributed by atoms with Crippen molar-refractivity contribution >= 4 is 52.0 Å². The largest absolute Gasteiger partial charge is 0.448 e. The molecule has 4 heterocycles. The highest BCUT2D eigenvalue weighted by atomic mass is 35.5. The number of nitrogens with zero attached hydrogens (tertiary/aromatic N) is 6. The van der Waals surface area contributed by atoms with Gasteiger partial charge in [-0.15, -0.1) is 0 Å². The number of hydrogen-bond acceptors (Lipinski definition) is 8. The number of benzene rings is 1. The maximum absolute atomic E-state index is 13.1. The van der Waals surface area contributed by atoms with Gasteiger partial charge in [-0.25, -0.2) is 14.8 Å². The fourth-order valence-electron chi connectivity index (χ4n) is 4.50. The summed E-state index contributed by atoms with van der Waals surface area (Å²) in [5.41, 5.74) is 1.18. The van der Waals surface area contributed by atoms with Gasteiger partial charge in [-0.05, 0) is 51.8 Å². The minimum absolute atomic E-state index is 0.0427. The Labute approximate surface area is 234 Å². The summed E-state index contributed by atoms with van der Waals surface area (Å²) in [7, 11) is 1.76. The predicted octanol–water partition coefficient (Wildman–Crippen LogP) is 5.35. The first kappa shape index (κ1) is 27.0. The number of aromatic amines is 1. The van der Waals surface area contributed by atoms with Gasteiger partial charge in [0, 0.05) is 25.8 Å². The maximum atomic E-state index is 13.1. The molecule has 0 radical (unpaired) electrons. The van der Waals surface area contributed by atoms with Crippen LogP contribution in [-0.4, -0.2) is 61.5 Å². The zero-order valence-electron chi connectivity index (χ0n) is 22.1. The minimum atomic E-state index is -0.556. The number of carbonyl (C=O) groups is 1. The molecule has 1 N–H and O–H groups in total. The molecule has 1 aromatic carbocycles. The number of H-pyrrole nitrogens is 1. The van der Waals surface area contributed by atoms with Crippen LogP contribution in [0.2, 0.25) is 10.0 Å². The summed E-state index contributed by atoms with van der Waals surface area (Å²) in [6, 6.07) is 5.15. The van der Waals surface area contributed by atoms with E-state index in [9.17, 15) is 9.59 Å². The number of likely N-dealkylation sites (tertiary alicyclic amines) is 1. The summed E-state index contributed by atoms with van der Waals surface area (Å²) in [6.45, 7) is 6.87. The number of ether oxygens (including phenoxy) is 1. The minimum Gasteiger partial charge on any atom is -0.448 e. The van der Waals surface area contributed by atoms with Crippen LogP contribution < -0.4 is 10.5 Å². The van der Waals surface area contributed by atoms with Gasteiger partial charge in [0.25, 0.3) is 5.56 Å². The quantitative estimate of drug-likeness (QED) is 0.339. The van der Waals surface area contributed by atoms with E-state index in [0.717, 1.165) is 12.8 Å². The molecular weight excluding hydrogens is 545 g/mol. The van der Waals surface area contributed by atoms with Gasteiger partial charge in [0.15, 0.2) is 11.4 Å². The number of rotatable bonds is 5. The molecule has 0 aliphatic carbocycles. The van der Waals surface area contributed by atoms with Crippen LogP contribution in [0, 0.1) is 0 Å². The van der Waals surface area contributed by atoms with Crippen LogP contribution >= 0.6 is 23.2 Å². The van der Waals surface area contributed by atoms with E-state index in [1.165, 1.54) is 6.20 Å². The Morgan fingerprint density at radius 2 is 2.05 bits per heavy atom. The Morgan fingerprint density at radius 3 is 2.79 bits per heavy atom. The average molecular weight is 574 g/mol. The van der Waals surface area contributed by atoms with E-state index in [2.05, 4.69) is 20.1 Å². The highest BCUT2D eigenvalue weighted by Crippen LogP contribution is 2.30. The SMILES string of the molecule is CN(c1ccc(Cl)c(Cl)c1)c1nc2cnn(Cc3coc(C4CCCN(C(=O)OC(C)(C)C)C4)n3)c2c(=O)[nH]1. The van der Waals surface area contributed by atoms with Crippen molar-refractivity contribution in [3.63, 3.8) is 0 Å². The van der Waals surface area contributed by atoms with Gasteiger partial charge in [0.2, 0.25) is 5.95 Å². The van der Waals surface area contributed by atoms with E-state index in [1.54, 1.807) is 46.0 Å². The molecule has 1 unspecified atom stereocenters. The lowest BCUT2D eigenvalue weighted by atomic mass is 9.98. The van der Waals surface area contributed by atoms with Crippen LogP contribution in [0.25, 0.3) is 11.0 Å². The number of halogens is 2. The van der Waals surface area contributed by atoms with Crippen molar-refractivity contribution in [3.05, 3.63) is 62.6 Å².